The van der Waals surface area contributed by atoms with Crippen LogP contribution in [0.1, 0.15) is 30.4 Å². The highest BCUT2D eigenvalue weighted by Crippen LogP contribution is 2.32. The van der Waals surface area contributed by atoms with Gasteiger partial charge in [-0.3, -0.25) is 0 Å². The summed E-state index contributed by atoms with van der Waals surface area (Å²) in [6.45, 7) is 2.67. The molecule has 0 aliphatic carbocycles. The number of benzene rings is 1. The summed E-state index contributed by atoms with van der Waals surface area (Å²) in [4.78, 5) is 0. The molecule has 100 valence electrons. The fourth-order valence-corrected chi connectivity index (χ4v) is 2.32. The third kappa shape index (κ3) is 2.84. The molecule has 0 radical (unpaired) electrons. The van der Waals surface area contributed by atoms with Crippen LogP contribution in [-0.2, 0) is 6.18 Å². The number of halogens is 3. The van der Waals surface area contributed by atoms with E-state index in [9.17, 15) is 13.2 Å². The van der Waals surface area contributed by atoms with Crippen molar-refractivity contribution in [3.63, 3.8) is 0 Å². The minimum atomic E-state index is -4.28. The number of nitrogens with two attached hydrogens (primary N) is 1. The summed E-state index contributed by atoms with van der Waals surface area (Å²) in [6, 6.07) is 5.73. The second-order valence-corrected chi connectivity index (χ2v) is 4.92. The van der Waals surface area contributed by atoms with Crippen molar-refractivity contribution >= 4 is 0 Å². The van der Waals surface area contributed by atoms with E-state index in [0.717, 1.165) is 12.5 Å². The van der Waals surface area contributed by atoms with Gasteiger partial charge in [0.15, 0.2) is 0 Å². The average molecular weight is 258 g/mol. The number of rotatable bonds is 1. The Morgan fingerprint density at radius 1 is 1.33 bits per heavy atom. The summed E-state index contributed by atoms with van der Waals surface area (Å²) < 4.78 is 37.9. The number of nitrogens with one attached hydrogen (secondary N) is 1. The molecular weight excluding hydrogens is 241 g/mol. The fourth-order valence-electron chi connectivity index (χ4n) is 2.32. The standard InChI is InChI=1S/C13H17F3N2/c1-8-12(17)6-10(7-18-8)9-3-2-4-11(5-9)13(14,15)16/h2-5,8,10,12,18H,6-7,17H2,1H3. The molecule has 0 amide bonds. The largest absolute Gasteiger partial charge is 0.416 e. The van der Waals surface area contributed by atoms with E-state index in [0.29, 0.717) is 12.1 Å². The summed E-state index contributed by atoms with van der Waals surface area (Å²) in [6.07, 6.45) is -3.57. The van der Waals surface area contributed by atoms with E-state index in [1.54, 1.807) is 6.07 Å². The summed E-state index contributed by atoms with van der Waals surface area (Å²) in [5, 5.41) is 3.23. The molecule has 1 fully saturated rings. The average Bonchev–Trinajstić information content (AvgIpc) is 2.32. The van der Waals surface area contributed by atoms with Gasteiger partial charge in [0.2, 0.25) is 0 Å². The van der Waals surface area contributed by atoms with Gasteiger partial charge in [0.1, 0.15) is 0 Å². The SMILES string of the molecule is CC1NCC(c2cccc(C(F)(F)F)c2)CC1N. The number of hydrogen-bond donors (Lipinski definition) is 2. The molecule has 0 bridgehead atoms. The van der Waals surface area contributed by atoms with Crippen molar-refractivity contribution in [2.24, 2.45) is 5.73 Å². The van der Waals surface area contributed by atoms with E-state index in [-0.39, 0.29) is 18.0 Å². The van der Waals surface area contributed by atoms with Crippen LogP contribution in [0.5, 0.6) is 0 Å². The van der Waals surface area contributed by atoms with Crippen molar-refractivity contribution in [3.05, 3.63) is 35.4 Å². The molecule has 1 aromatic carbocycles. The Bertz CT molecular complexity index is 417. The Morgan fingerprint density at radius 3 is 2.67 bits per heavy atom. The van der Waals surface area contributed by atoms with Crippen LogP contribution < -0.4 is 11.1 Å². The van der Waals surface area contributed by atoms with Crippen LogP contribution in [0.15, 0.2) is 24.3 Å². The van der Waals surface area contributed by atoms with Gasteiger partial charge < -0.3 is 11.1 Å². The second-order valence-electron chi connectivity index (χ2n) is 4.92. The third-order valence-corrected chi connectivity index (χ3v) is 3.57. The molecule has 1 aliphatic heterocycles. The Balaban J connectivity index is 2.19. The van der Waals surface area contributed by atoms with Crippen molar-refractivity contribution in [2.45, 2.75) is 37.5 Å². The molecule has 1 aromatic rings. The minimum Gasteiger partial charge on any atom is -0.326 e. The van der Waals surface area contributed by atoms with Crippen molar-refractivity contribution in [1.82, 2.24) is 5.32 Å². The molecule has 5 heteroatoms. The van der Waals surface area contributed by atoms with Crippen LogP contribution in [0.2, 0.25) is 0 Å². The molecular formula is C13H17F3N2. The lowest BCUT2D eigenvalue weighted by Crippen LogP contribution is -2.50. The first-order valence-electron chi connectivity index (χ1n) is 6.04. The topological polar surface area (TPSA) is 38.0 Å². The molecule has 0 spiro atoms. The van der Waals surface area contributed by atoms with Gasteiger partial charge in [-0.15, -0.1) is 0 Å². The maximum absolute atomic E-state index is 12.6. The molecule has 3 N–H and O–H groups in total. The van der Waals surface area contributed by atoms with Gasteiger partial charge >= 0.3 is 6.18 Å². The number of alkyl halides is 3. The molecule has 1 aliphatic rings. The maximum Gasteiger partial charge on any atom is 0.416 e. The summed E-state index contributed by atoms with van der Waals surface area (Å²) in [7, 11) is 0. The summed E-state index contributed by atoms with van der Waals surface area (Å²) in [5.41, 5.74) is 6.06. The van der Waals surface area contributed by atoms with E-state index < -0.39 is 11.7 Å². The number of hydrogen-bond acceptors (Lipinski definition) is 2. The molecule has 0 saturated carbocycles. The molecule has 2 rings (SSSR count). The van der Waals surface area contributed by atoms with Crippen LogP contribution in [0.4, 0.5) is 13.2 Å². The van der Waals surface area contributed by atoms with Crippen molar-refractivity contribution in [3.8, 4) is 0 Å². The van der Waals surface area contributed by atoms with Gasteiger partial charge in [-0.25, -0.2) is 0 Å². The van der Waals surface area contributed by atoms with E-state index in [1.807, 2.05) is 6.92 Å². The van der Waals surface area contributed by atoms with E-state index >= 15 is 0 Å². The van der Waals surface area contributed by atoms with Crippen LogP contribution in [0, 0.1) is 0 Å². The number of piperidine rings is 1. The summed E-state index contributed by atoms with van der Waals surface area (Å²) >= 11 is 0. The van der Waals surface area contributed by atoms with Gasteiger partial charge in [-0.05, 0) is 30.9 Å². The first kappa shape index (κ1) is 13.4. The Kier molecular flexibility index (Phi) is 3.64. The molecule has 3 atom stereocenters. The lowest BCUT2D eigenvalue weighted by molar-refractivity contribution is -0.137. The predicted molar refractivity (Wildman–Crippen MR) is 64.2 cm³/mol. The van der Waals surface area contributed by atoms with Gasteiger partial charge in [0.05, 0.1) is 5.56 Å². The van der Waals surface area contributed by atoms with Gasteiger partial charge in [-0.1, -0.05) is 18.2 Å². The minimum absolute atomic E-state index is 0.0155. The van der Waals surface area contributed by atoms with Crippen LogP contribution in [-0.4, -0.2) is 18.6 Å². The normalized spacial score (nSPS) is 29.3. The zero-order valence-corrected chi connectivity index (χ0v) is 10.2. The second kappa shape index (κ2) is 4.90. The zero-order valence-electron chi connectivity index (χ0n) is 10.2. The van der Waals surface area contributed by atoms with Crippen molar-refractivity contribution in [1.29, 1.82) is 0 Å². The quantitative estimate of drug-likeness (QED) is 0.812. The van der Waals surface area contributed by atoms with Crippen molar-refractivity contribution < 1.29 is 13.2 Å². The van der Waals surface area contributed by atoms with E-state index in [2.05, 4.69) is 5.32 Å². The lowest BCUT2D eigenvalue weighted by Gasteiger charge is -2.33. The Morgan fingerprint density at radius 2 is 2.06 bits per heavy atom. The first-order valence-corrected chi connectivity index (χ1v) is 6.04. The maximum atomic E-state index is 12.6. The lowest BCUT2D eigenvalue weighted by atomic mass is 9.86. The van der Waals surface area contributed by atoms with Crippen molar-refractivity contribution in [2.75, 3.05) is 6.54 Å². The van der Waals surface area contributed by atoms with Crippen LogP contribution >= 0.6 is 0 Å². The first-order chi connectivity index (χ1) is 8.38. The molecule has 0 aromatic heterocycles. The summed E-state index contributed by atoms with van der Waals surface area (Å²) in [5.74, 6) is 0.0542. The molecule has 1 saturated heterocycles. The van der Waals surface area contributed by atoms with E-state index in [1.165, 1.54) is 12.1 Å². The molecule has 2 nitrogen and oxygen atoms in total. The zero-order chi connectivity index (χ0) is 13.3. The van der Waals surface area contributed by atoms with Gasteiger partial charge in [-0.2, -0.15) is 13.2 Å². The molecule has 3 unspecified atom stereocenters. The third-order valence-electron chi connectivity index (χ3n) is 3.57. The predicted octanol–water partition coefficient (Wildman–Crippen LogP) is 2.50. The molecule has 18 heavy (non-hydrogen) atoms. The highest BCUT2D eigenvalue weighted by molar-refractivity contribution is 5.29. The Labute approximate surface area is 104 Å². The van der Waals surface area contributed by atoms with Gasteiger partial charge in [0, 0.05) is 18.6 Å². The van der Waals surface area contributed by atoms with Crippen LogP contribution in [0.25, 0.3) is 0 Å². The highest BCUT2D eigenvalue weighted by Gasteiger charge is 2.32. The highest BCUT2D eigenvalue weighted by atomic mass is 19.4. The molecule has 1 heterocycles. The fraction of sp³-hybridized carbons (Fsp3) is 0.538. The van der Waals surface area contributed by atoms with Crippen LogP contribution in [0.3, 0.4) is 0 Å². The van der Waals surface area contributed by atoms with Gasteiger partial charge in [0.25, 0.3) is 0 Å². The monoisotopic (exact) mass is 258 g/mol. The Hall–Kier alpha value is -1.07. The van der Waals surface area contributed by atoms with E-state index in [4.69, 9.17) is 5.73 Å². The smallest absolute Gasteiger partial charge is 0.326 e.